The fraction of sp³-hybridized carbons (Fsp3) is 0.286. The van der Waals surface area contributed by atoms with Crippen LogP contribution in [0.1, 0.15) is 59.5 Å². The number of benzene rings is 3. The van der Waals surface area contributed by atoms with Gasteiger partial charge in [0.15, 0.2) is 0 Å². The van der Waals surface area contributed by atoms with E-state index in [9.17, 15) is 19.8 Å². The van der Waals surface area contributed by atoms with Crippen molar-refractivity contribution in [3.05, 3.63) is 82.9 Å². The minimum Gasteiger partial charge on any atom is -0.507 e. The van der Waals surface area contributed by atoms with Crippen LogP contribution in [0.2, 0.25) is 0 Å². The zero-order chi connectivity index (χ0) is 24.8. The van der Waals surface area contributed by atoms with Crippen molar-refractivity contribution < 1.29 is 19.8 Å². The van der Waals surface area contributed by atoms with Crippen LogP contribution in [-0.4, -0.2) is 22.0 Å². The quantitative estimate of drug-likeness (QED) is 0.331. The van der Waals surface area contributed by atoms with Crippen LogP contribution in [0.5, 0.6) is 11.5 Å². The van der Waals surface area contributed by atoms with E-state index in [4.69, 9.17) is 0 Å². The molecule has 0 fully saturated rings. The largest absolute Gasteiger partial charge is 0.507 e. The van der Waals surface area contributed by atoms with Crippen LogP contribution in [0.25, 0.3) is 0 Å². The Kier molecular flexibility index (Phi) is 7.95. The summed E-state index contributed by atoms with van der Waals surface area (Å²) in [6.07, 6.45) is 1.60. The van der Waals surface area contributed by atoms with Gasteiger partial charge in [-0.1, -0.05) is 52.0 Å². The molecule has 0 radical (unpaired) electrons. The molecule has 178 valence electrons. The smallest absolute Gasteiger partial charge is 0.259 e. The second-order valence-electron chi connectivity index (χ2n) is 9.35. The number of carbonyl (C=O) groups excluding carboxylic acids is 2. The number of amides is 2. The highest BCUT2D eigenvalue weighted by Gasteiger charge is 2.17. The maximum absolute atomic E-state index is 12.8. The Morgan fingerprint density at radius 3 is 1.38 bits per heavy atom. The summed E-state index contributed by atoms with van der Waals surface area (Å²) >= 11 is 0. The second kappa shape index (κ2) is 10.9. The fourth-order valence-corrected chi connectivity index (χ4v) is 3.82. The molecule has 0 aliphatic heterocycles. The molecular weight excluding hydrogens is 428 g/mol. The van der Waals surface area contributed by atoms with Gasteiger partial charge in [0.2, 0.25) is 0 Å². The fourth-order valence-electron chi connectivity index (χ4n) is 3.82. The minimum atomic E-state index is -0.490. The van der Waals surface area contributed by atoms with Crippen molar-refractivity contribution in [1.29, 1.82) is 0 Å². The number of phenols is 2. The number of aromatic hydroxyl groups is 2. The summed E-state index contributed by atoms with van der Waals surface area (Å²) < 4.78 is 0. The minimum absolute atomic E-state index is 0.0939. The van der Waals surface area contributed by atoms with Crippen LogP contribution >= 0.6 is 0 Å². The molecule has 34 heavy (non-hydrogen) atoms. The Morgan fingerprint density at radius 1 is 0.676 bits per heavy atom. The molecule has 0 heterocycles. The Hall–Kier alpha value is -3.80. The lowest BCUT2D eigenvalue weighted by molar-refractivity contribution is 0.101. The lowest BCUT2D eigenvalue weighted by Gasteiger charge is -2.14. The van der Waals surface area contributed by atoms with Crippen molar-refractivity contribution in [2.75, 3.05) is 10.6 Å². The molecule has 0 saturated carbocycles. The van der Waals surface area contributed by atoms with Crippen LogP contribution < -0.4 is 10.6 Å². The maximum atomic E-state index is 12.8. The molecule has 6 heteroatoms. The van der Waals surface area contributed by atoms with Gasteiger partial charge in [-0.25, -0.2) is 0 Å². The molecule has 3 aromatic carbocycles. The first-order valence-electron chi connectivity index (χ1n) is 11.5. The highest BCUT2D eigenvalue weighted by Crippen LogP contribution is 2.27. The molecule has 0 aromatic heterocycles. The lowest BCUT2D eigenvalue weighted by atomic mass is 10.0. The Bertz CT molecular complexity index is 1090. The van der Waals surface area contributed by atoms with Crippen LogP contribution in [0.15, 0.2) is 60.7 Å². The Labute approximate surface area is 200 Å². The van der Waals surface area contributed by atoms with Gasteiger partial charge in [-0.05, 0) is 72.2 Å². The molecule has 2 amide bonds. The first-order chi connectivity index (χ1) is 16.1. The van der Waals surface area contributed by atoms with E-state index in [0.717, 1.165) is 24.0 Å². The molecule has 0 bridgehead atoms. The van der Waals surface area contributed by atoms with Gasteiger partial charge in [-0.15, -0.1) is 0 Å². The first-order valence-corrected chi connectivity index (χ1v) is 11.5. The van der Waals surface area contributed by atoms with Crippen LogP contribution in [0, 0.1) is 11.8 Å². The van der Waals surface area contributed by atoms with Crippen molar-refractivity contribution in [1.82, 2.24) is 0 Å². The highest BCUT2D eigenvalue weighted by molar-refractivity contribution is 6.11. The predicted octanol–water partition coefficient (Wildman–Crippen LogP) is 6.00. The summed E-state index contributed by atoms with van der Waals surface area (Å²) in [5.41, 5.74) is 2.95. The van der Waals surface area contributed by atoms with E-state index in [1.54, 1.807) is 48.5 Å². The molecule has 0 saturated heterocycles. The average Bonchev–Trinajstić information content (AvgIpc) is 2.74. The summed E-state index contributed by atoms with van der Waals surface area (Å²) in [6.45, 7) is 8.34. The number of anilines is 2. The number of phenolic OH excluding ortho intramolecular Hbond substituents is 2. The summed E-state index contributed by atoms with van der Waals surface area (Å²) in [7, 11) is 0. The van der Waals surface area contributed by atoms with Gasteiger partial charge < -0.3 is 20.8 Å². The van der Waals surface area contributed by atoms with E-state index in [2.05, 4.69) is 38.3 Å². The van der Waals surface area contributed by atoms with Crippen molar-refractivity contribution in [3.8, 4) is 11.5 Å². The van der Waals surface area contributed by atoms with Gasteiger partial charge in [-0.3, -0.25) is 9.59 Å². The van der Waals surface area contributed by atoms with Gasteiger partial charge in [0, 0.05) is 0 Å². The molecule has 0 unspecified atom stereocenters. The summed E-state index contributed by atoms with van der Waals surface area (Å²) in [5.74, 6) is -0.305. The molecule has 0 atom stereocenters. The molecule has 4 N–H and O–H groups in total. The monoisotopic (exact) mass is 460 g/mol. The van der Waals surface area contributed by atoms with E-state index in [0.29, 0.717) is 23.2 Å². The zero-order valence-electron chi connectivity index (χ0n) is 20.1. The third-order valence-corrected chi connectivity index (χ3v) is 5.32. The normalized spacial score (nSPS) is 11.0. The van der Waals surface area contributed by atoms with Crippen molar-refractivity contribution in [2.24, 2.45) is 11.8 Å². The van der Waals surface area contributed by atoms with E-state index in [1.165, 1.54) is 0 Å². The molecule has 0 aliphatic rings. The van der Waals surface area contributed by atoms with Crippen LogP contribution in [0.3, 0.4) is 0 Å². The van der Waals surface area contributed by atoms with Crippen molar-refractivity contribution >= 4 is 23.2 Å². The van der Waals surface area contributed by atoms with Gasteiger partial charge in [0.25, 0.3) is 11.8 Å². The molecular formula is C28H32N2O4. The number of para-hydroxylation sites is 2. The number of hydrogen-bond donors (Lipinski definition) is 4. The van der Waals surface area contributed by atoms with E-state index < -0.39 is 11.8 Å². The summed E-state index contributed by atoms with van der Waals surface area (Å²) in [4.78, 5) is 25.7. The van der Waals surface area contributed by atoms with Gasteiger partial charge >= 0.3 is 0 Å². The molecule has 0 spiro atoms. The zero-order valence-corrected chi connectivity index (χ0v) is 20.1. The van der Waals surface area contributed by atoms with E-state index in [1.807, 2.05) is 12.1 Å². The standard InChI is InChI=1S/C28H32N2O4/c1-17(2)13-19-9-11-21(25(31)15-19)27(33)29-23-7-5-6-8-24(23)30-28(34)22-12-10-20(14-18(3)4)16-26(22)32/h5-12,15-18,31-32H,13-14H2,1-4H3,(H,29,33)(H,30,34). The second-order valence-corrected chi connectivity index (χ2v) is 9.35. The third kappa shape index (κ3) is 6.38. The Balaban J connectivity index is 1.76. The number of nitrogens with one attached hydrogen (secondary N) is 2. The molecule has 6 nitrogen and oxygen atoms in total. The topological polar surface area (TPSA) is 98.7 Å². The SMILES string of the molecule is CC(C)Cc1ccc(C(=O)Nc2ccccc2NC(=O)c2ccc(CC(C)C)cc2O)c(O)c1. The van der Waals surface area contributed by atoms with E-state index in [-0.39, 0.29) is 22.6 Å². The third-order valence-electron chi connectivity index (χ3n) is 5.32. The van der Waals surface area contributed by atoms with E-state index >= 15 is 0 Å². The maximum Gasteiger partial charge on any atom is 0.259 e. The number of rotatable bonds is 8. The van der Waals surface area contributed by atoms with Crippen LogP contribution in [0.4, 0.5) is 11.4 Å². The van der Waals surface area contributed by atoms with Gasteiger partial charge in [0.05, 0.1) is 22.5 Å². The van der Waals surface area contributed by atoms with Crippen molar-refractivity contribution in [3.63, 3.8) is 0 Å². The predicted molar refractivity (Wildman–Crippen MR) is 136 cm³/mol. The van der Waals surface area contributed by atoms with Gasteiger partial charge in [-0.2, -0.15) is 0 Å². The number of carbonyl (C=O) groups is 2. The molecule has 3 rings (SSSR count). The van der Waals surface area contributed by atoms with Crippen molar-refractivity contribution in [2.45, 2.75) is 40.5 Å². The molecule has 0 aliphatic carbocycles. The highest BCUT2D eigenvalue weighted by atomic mass is 16.3. The average molecular weight is 461 g/mol. The van der Waals surface area contributed by atoms with Gasteiger partial charge in [0.1, 0.15) is 11.5 Å². The molecule has 3 aromatic rings. The lowest BCUT2D eigenvalue weighted by Crippen LogP contribution is -2.17. The Morgan fingerprint density at radius 2 is 1.06 bits per heavy atom. The van der Waals surface area contributed by atoms with Crippen LogP contribution in [-0.2, 0) is 12.8 Å². The summed E-state index contributed by atoms with van der Waals surface area (Å²) in [5, 5.41) is 26.2. The number of hydrogen-bond acceptors (Lipinski definition) is 4. The summed E-state index contributed by atoms with van der Waals surface area (Å²) in [6, 6.07) is 16.8. The first kappa shape index (κ1) is 24.8.